The summed E-state index contributed by atoms with van der Waals surface area (Å²) in [6.07, 6.45) is -0.385. The Balaban J connectivity index is 1.97. The lowest BCUT2D eigenvalue weighted by atomic mass is 10.1. The van der Waals surface area contributed by atoms with E-state index in [-0.39, 0.29) is 18.3 Å². The second-order valence-electron chi connectivity index (χ2n) is 4.31. The van der Waals surface area contributed by atoms with Gasteiger partial charge in [-0.05, 0) is 24.1 Å². The molecule has 98 valence electrons. The van der Waals surface area contributed by atoms with Crippen molar-refractivity contribution in [3.8, 4) is 0 Å². The summed E-state index contributed by atoms with van der Waals surface area (Å²) in [5.74, 6) is -0.812. The quantitative estimate of drug-likeness (QED) is 0.782. The molecule has 2 aromatic carbocycles. The lowest BCUT2D eigenvalue weighted by Crippen LogP contribution is -2.12. The van der Waals surface area contributed by atoms with Gasteiger partial charge in [-0.25, -0.2) is 4.39 Å². The highest BCUT2D eigenvalue weighted by atomic mass is 19.1. The number of carbonyl (C=O) groups is 1. The van der Waals surface area contributed by atoms with Crippen molar-refractivity contribution < 1.29 is 13.9 Å². The summed E-state index contributed by atoms with van der Waals surface area (Å²) < 4.78 is 18.7. The average molecular weight is 258 g/mol. The zero-order chi connectivity index (χ0) is 13.7. The Morgan fingerprint density at radius 1 is 1.11 bits per heavy atom. The van der Waals surface area contributed by atoms with Gasteiger partial charge in [-0.1, -0.05) is 48.5 Å². The maximum absolute atomic E-state index is 13.4. The van der Waals surface area contributed by atoms with Gasteiger partial charge in [0.15, 0.2) is 0 Å². The Hall–Kier alpha value is -2.16. The molecular weight excluding hydrogens is 243 g/mol. The molecule has 0 radical (unpaired) electrons. The third-order valence-corrected chi connectivity index (χ3v) is 2.87. The highest BCUT2D eigenvalue weighted by molar-refractivity contribution is 5.72. The molecule has 0 aromatic heterocycles. The summed E-state index contributed by atoms with van der Waals surface area (Å²) in [6.45, 7) is 1.80. The van der Waals surface area contributed by atoms with Gasteiger partial charge in [0.25, 0.3) is 0 Å². The number of carbonyl (C=O) groups excluding carboxylic acids is 1. The van der Waals surface area contributed by atoms with Crippen LogP contribution in [0.15, 0.2) is 54.6 Å². The molecular formula is C16H15FO2. The minimum Gasteiger partial charge on any atom is -0.458 e. The Morgan fingerprint density at radius 2 is 1.74 bits per heavy atom. The van der Waals surface area contributed by atoms with Crippen molar-refractivity contribution >= 4 is 5.97 Å². The molecule has 3 heteroatoms. The van der Waals surface area contributed by atoms with Crippen LogP contribution in [-0.4, -0.2) is 5.97 Å². The van der Waals surface area contributed by atoms with Crippen molar-refractivity contribution in [2.24, 2.45) is 0 Å². The number of esters is 1. The topological polar surface area (TPSA) is 26.3 Å². The van der Waals surface area contributed by atoms with E-state index in [1.54, 1.807) is 25.1 Å². The summed E-state index contributed by atoms with van der Waals surface area (Å²) in [7, 11) is 0. The fourth-order valence-corrected chi connectivity index (χ4v) is 1.83. The summed E-state index contributed by atoms with van der Waals surface area (Å²) in [4.78, 5) is 11.8. The number of hydrogen-bond donors (Lipinski definition) is 0. The zero-order valence-corrected chi connectivity index (χ0v) is 10.7. The first-order chi connectivity index (χ1) is 9.16. The summed E-state index contributed by atoms with van der Waals surface area (Å²) in [5.41, 5.74) is 1.28. The standard InChI is InChI=1S/C16H15FO2/c1-12(13-7-3-2-4-8-13)19-16(18)11-14-9-5-6-10-15(14)17/h2-10,12H,11H2,1H3/t12-/m0/s1. The summed E-state index contributed by atoms with van der Waals surface area (Å²) in [6, 6.07) is 15.7. The largest absolute Gasteiger partial charge is 0.458 e. The third-order valence-electron chi connectivity index (χ3n) is 2.87. The molecule has 0 spiro atoms. The lowest BCUT2D eigenvalue weighted by Gasteiger charge is -2.13. The molecule has 2 aromatic rings. The van der Waals surface area contributed by atoms with Crippen molar-refractivity contribution in [2.45, 2.75) is 19.4 Å². The van der Waals surface area contributed by atoms with Crippen LogP contribution >= 0.6 is 0 Å². The van der Waals surface area contributed by atoms with Gasteiger partial charge in [0.1, 0.15) is 11.9 Å². The van der Waals surface area contributed by atoms with Crippen molar-refractivity contribution in [3.05, 3.63) is 71.5 Å². The second kappa shape index (κ2) is 6.14. The van der Waals surface area contributed by atoms with E-state index in [0.29, 0.717) is 5.56 Å². The van der Waals surface area contributed by atoms with Crippen LogP contribution in [0.25, 0.3) is 0 Å². The van der Waals surface area contributed by atoms with Crippen molar-refractivity contribution in [1.82, 2.24) is 0 Å². The molecule has 0 aliphatic rings. The van der Waals surface area contributed by atoms with E-state index in [0.717, 1.165) is 5.56 Å². The van der Waals surface area contributed by atoms with E-state index in [2.05, 4.69) is 0 Å². The molecule has 0 fully saturated rings. The average Bonchev–Trinajstić information content (AvgIpc) is 2.42. The first-order valence-corrected chi connectivity index (χ1v) is 6.14. The lowest BCUT2D eigenvalue weighted by molar-refractivity contribution is -0.147. The molecule has 0 aliphatic heterocycles. The van der Waals surface area contributed by atoms with Crippen LogP contribution in [0.4, 0.5) is 4.39 Å². The fourth-order valence-electron chi connectivity index (χ4n) is 1.83. The third kappa shape index (κ3) is 3.65. The molecule has 0 amide bonds. The van der Waals surface area contributed by atoms with Gasteiger partial charge in [-0.15, -0.1) is 0 Å². The van der Waals surface area contributed by atoms with E-state index in [1.807, 2.05) is 30.3 Å². The summed E-state index contributed by atoms with van der Waals surface area (Å²) >= 11 is 0. The molecule has 2 rings (SSSR count). The van der Waals surface area contributed by atoms with Crippen LogP contribution in [0.5, 0.6) is 0 Å². The van der Waals surface area contributed by atoms with E-state index >= 15 is 0 Å². The highest BCUT2D eigenvalue weighted by Crippen LogP contribution is 2.17. The predicted molar refractivity (Wildman–Crippen MR) is 71.1 cm³/mol. The maximum atomic E-state index is 13.4. The van der Waals surface area contributed by atoms with Crippen LogP contribution in [-0.2, 0) is 16.0 Å². The molecule has 0 heterocycles. The molecule has 2 nitrogen and oxygen atoms in total. The van der Waals surface area contributed by atoms with Crippen LogP contribution in [0.3, 0.4) is 0 Å². The van der Waals surface area contributed by atoms with Crippen molar-refractivity contribution in [1.29, 1.82) is 0 Å². The van der Waals surface area contributed by atoms with Gasteiger partial charge < -0.3 is 4.74 Å². The van der Waals surface area contributed by atoms with Gasteiger partial charge in [-0.3, -0.25) is 4.79 Å². The van der Waals surface area contributed by atoms with Gasteiger partial charge in [0, 0.05) is 0 Å². The van der Waals surface area contributed by atoms with Crippen LogP contribution in [0.1, 0.15) is 24.2 Å². The minimum atomic E-state index is -0.429. The predicted octanol–water partition coefficient (Wildman–Crippen LogP) is 3.67. The molecule has 0 N–H and O–H groups in total. The van der Waals surface area contributed by atoms with E-state index in [9.17, 15) is 9.18 Å². The Bertz CT molecular complexity index is 552. The van der Waals surface area contributed by atoms with E-state index in [4.69, 9.17) is 4.74 Å². The molecule has 0 saturated heterocycles. The van der Waals surface area contributed by atoms with Gasteiger partial charge in [0.05, 0.1) is 6.42 Å². The van der Waals surface area contributed by atoms with Gasteiger partial charge in [-0.2, -0.15) is 0 Å². The molecule has 0 unspecified atom stereocenters. The molecule has 1 atom stereocenters. The minimum absolute atomic E-state index is 0.0517. The first-order valence-electron chi connectivity index (χ1n) is 6.14. The smallest absolute Gasteiger partial charge is 0.310 e. The highest BCUT2D eigenvalue weighted by Gasteiger charge is 2.13. The number of benzene rings is 2. The van der Waals surface area contributed by atoms with Crippen LogP contribution in [0, 0.1) is 5.82 Å². The Morgan fingerprint density at radius 3 is 2.42 bits per heavy atom. The SMILES string of the molecule is C[C@H](OC(=O)Cc1ccccc1F)c1ccccc1. The Kier molecular flexibility index (Phi) is 4.29. The maximum Gasteiger partial charge on any atom is 0.310 e. The van der Waals surface area contributed by atoms with Crippen LogP contribution < -0.4 is 0 Å². The fraction of sp³-hybridized carbons (Fsp3) is 0.188. The Labute approximate surface area is 111 Å². The van der Waals surface area contributed by atoms with Gasteiger partial charge in [0.2, 0.25) is 0 Å². The van der Waals surface area contributed by atoms with Crippen LogP contribution in [0.2, 0.25) is 0 Å². The molecule has 0 saturated carbocycles. The monoisotopic (exact) mass is 258 g/mol. The zero-order valence-electron chi connectivity index (χ0n) is 10.7. The van der Waals surface area contributed by atoms with Crippen molar-refractivity contribution in [2.75, 3.05) is 0 Å². The molecule has 0 aliphatic carbocycles. The second-order valence-corrected chi connectivity index (χ2v) is 4.31. The number of halogens is 1. The normalized spacial score (nSPS) is 11.9. The summed E-state index contributed by atoms with van der Waals surface area (Å²) in [5, 5.41) is 0. The van der Waals surface area contributed by atoms with E-state index < -0.39 is 5.97 Å². The van der Waals surface area contributed by atoms with Gasteiger partial charge >= 0.3 is 5.97 Å². The molecule has 0 bridgehead atoms. The van der Waals surface area contributed by atoms with Crippen molar-refractivity contribution in [3.63, 3.8) is 0 Å². The van der Waals surface area contributed by atoms with E-state index in [1.165, 1.54) is 6.07 Å². The number of ether oxygens (including phenoxy) is 1. The number of rotatable bonds is 4. The first kappa shape index (κ1) is 13.3. The number of hydrogen-bond acceptors (Lipinski definition) is 2. The molecule has 19 heavy (non-hydrogen) atoms.